The fraction of sp³-hybridized carbons (Fsp3) is 0.636. The van der Waals surface area contributed by atoms with Gasteiger partial charge in [0.15, 0.2) is 6.61 Å². The molecule has 0 atom stereocenters. The molecule has 4 heteroatoms. The fourth-order valence-corrected chi connectivity index (χ4v) is 3.06. The lowest BCUT2D eigenvalue weighted by Crippen LogP contribution is -2.38. The minimum absolute atomic E-state index is 0.0695. The van der Waals surface area contributed by atoms with Crippen molar-refractivity contribution in [1.82, 2.24) is 4.90 Å². The van der Waals surface area contributed by atoms with Crippen LogP contribution in [-0.2, 0) is 20.4 Å². The lowest BCUT2D eigenvalue weighted by molar-refractivity contribution is -0.135. The Morgan fingerprint density at radius 1 is 0.885 bits per heavy atom. The van der Waals surface area contributed by atoms with E-state index in [0.717, 1.165) is 37.1 Å². The Labute approximate surface area is 157 Å². The molecule has 0 spiro atoms. The van der Waals surface area contributed by atoms with E-state index in [1.165, 1.54) is 6.42 Å². The van der Waals surface area contributed by atoms with Gasteiger partial charge in [0.2, 0.25) is 0 Å². The molecule has 0 unspecified atom stereocenters. The van der Waals surface area contributed by atoms with Crippen LogP contribution in [0.3, 0.4) is 0 Å². The number of carbonyl (C=O) groups excluding carboxylic acids is 2. The molecular formula is C22H33NO3. The molecule has 2 rings (SSSR count). The van der Waals surface area contributed by atoms with Crippen LogP contribution in [-0.4, -0.2) is 36.5 Å². The third-order valence-electron chi connectivity index (χ3n) is 4.94. The highest BCUT2D eigenvalue weighted by atomic mass is 16.5. The van der Waals surface area contributed by atoms with Crippen molar-refractivity contribution in [2.75, 3.05) is 19.7 Å². The first-order chi connectivity index (χ1) is 12.0. The molecule has 0 radical (unpaired) electrons. The topological polar surface area (TPSA) is 46.6 Å². The van der Waals surface area contributed by atoms with E-state index in [-0.39, 0.29) is 23.3 Å². The highest BCUT2D eigenvalue weighted by Crippen LogP contribution is 2.30. The summed E-state index contributed by atoms with van der Waals surface area (Å²) in [5.41, 5.74) is 2.58. The number of piperidine rings is 1. The third-order valence-corrected chi connectivity index (χ3v) is 4.94. The van der Waals surface area contributed by atoms with Crippen LogP contribution in [0.2, 0.25) is 0 Å². The van der Waals surface area contributed by atoms with Gasteiger partial charge < -0.3 is 9.64 Å². The van der Waals surface area contributed by atoms with Gasteiger partial charge in [-0.15, -0.1) is 0 Å². The van der Waals surface area contributed by atoms with Crippen LogP contribution in [0.5, 0.6) is 0 Å². The van der Waals surface area contributed by atoms with Crippen LogP contribution in [0.1, 0.15) is 82.3 Å². The van der Waals surface area contributed by atoms with Gasteiger partial charge in [0.05, 0.1) is 5.56 Å². The van der Waals surface area contributed by atoms with Crippen LogP contribution in [0, 0.1) is 0 Å². The first kappa shape index (κ1) is 20.5. The predicted molar refractivity (Wildman–Crippen MR) is 105 cm³/mol. The number of benzene rings is 1. The van der Waals surface area contributed by atoms with Crippen LogP contribution < -0.4 is 0 Å². The first-order valence-electron chi connectivity index (χ1n) is 9.59. The number of esters is 1. The fourth-order valence-electron chi connectivity index (χ4n) is 3.06. The van der Waals surface area contributed by atoms with Crippen LogP contribution in [0.25, 0.3) is 0 Å². The summed E-state index contributed by atoms with van der Waals surface area (Å²) >= 11 is 0. The normalized spacial score (nSPS) is 15.7. The van der Waals surface area contributed by atoms with E-state index in [1.54, 1.807) is 4.90 Å². The number of rotatable bonds is 3. The van der Waals surface area contributed by atoms with Crippen LogP contribution in [0.4, 0.5) is 0 Å². The summed E-state index contributed by atoms with van der Waals surface area (Å²) in [5.74, 6) is -0.520. The highest BCUT2D eigenvalue weighted by Gasteiger charge is 2.24. The standard InChI is InChI=1S/C22H33NO3/c1-21(2,3)17-12-16(13-18(14-17)22(4,5)6)20(25)26-15-19(24)23-10-8-7-9-11-23/h12-14H,7-11,15H2,1-6H3. The van der Waals surface area contributed by atoms with E-state index in [9.17, 15) is 9.59 Å². The van der Waals surface area contributed by atoms with Crippen molar-refractivity contribution in [1.29, 1.82) is 0 Å². The van der Waals surface area contributed by atoms with Gasteiger partial charge in [-0.3, -0.25) is 4.79 Å². The molecular weight excluding hydrogens is 326 g/mol. The molecule has 1 aromatic rings. The molecule has 0 aliphatic carbocycles. The highest BCUT2D eigenvalue weighted by molar-refractivity contribution is 5.92. The van der Waals surface area contributed by atoms with Crippen molar-refractivity contribution < 1.29 is 14.3 Å². The molecule has 1 aliphatic heterocycles. The van der Waals surface area contributed by atoms with Gasteiger partial charge in [0.1, 0.15) is 0 Å². The number of ether oxygens (including phenoxy) is 1. The molecule has 4 nitrogen and oxygen atoms in total. The number of carbonyl (C=O) groups is 2. The smallest absolute Gasteiger partial charge is 0.338 e. The SMILES string of the molecule is CC(C)(C)c1cc(C(=O)OCC(=O)N2CCCCC2)cc(C(C)(C)C)c1. The Kier molecular flexibility index (Phi) is 6.15. The second-order valence-electron chi connectivity index (χ2n) is 9.32. The van der Waals surface area contributed by atoms with Crippen molar-refractivity contribution in [3.05, 3.63) is 34.9 Å². The summed E-state index contributed by atoms with van der Waals surface area (Å²) in [4.78, 5) is 26.6. The maximum Gasteiger partial charge on any atom is 0.338 e. The second kappa shape index (κ2) is 7.81. The first-order valence-corrected chi connectivity index (χ1v) is 9.59. The molecule has 1 heterocycles. The number of hydrogen-bond acceptors (Lipinski definition) is 3. The van der Waals surface area contributed by atoms with Crippen molar-refractivity contribution in [3.63, 3.8) is 0 Å². The van der Waals surface area contributed by atoms with Gasteiger partial charge in [-0.05, 0) is 53.4 Å². The van der Waals surface area contributed by atoms with Crippen molar-refractivity contribution in [2.24, 2.45) is 0 Å². The van der Waals surface area contributed by atoms with Gasteiger partial charge in [-0.2, -0.15) is 0 Å². The average molecular weight is 360 g/mol. The summed E-state index contributed by atoms with van der Waals surface area (Å²) in [6.45, 7) is 14.1. The number of hydrogen-bond donors (Lipinski definition) is 0. The average Bonchev–Trinajstić information content (AvgIpc) is 2.58. The van der Waals surface area contributed by atoms with Crippen LogP contribution >= 0.6 is 0 Å². The molecule has 144 valence electrons. The molecule has 0 saturated carbocycles. The van der Waals surface area contributed by atoms with E-state index in [0.29, 0.717) is 5.56 Å². The van der Waals surface area contributed by atoms with Crippen molar-refractivity contribution in [2.45, 2.75) is 71.6 Å². The van der Waals surface area contributed by atoms with Gasteiger partial charge in [0.25, 0.3) is 5.91 Å². The summed E-state index contributed by atoms with van der Waals surface area (Å²) in [6, 6.07) is 5.95. The second-order valence-corrected chi connectivity index (χ2v) is 9.32. The maximum absolute atomic E-state index is 12.6. The Bertz CT molecular complexity index is 627. The summed E-state index contributed by atoms with van der Waals surface area (Å²) in [6.07, 6.45) is 3.23. The maximum atomic E-state index is 12.6. The van der Waals surface area contributed by atoms with Gasteiger partial charge in [-0.25, -0.2) is 4.79 Å². The van der Waals surface area contributed by atoms with Crippen LogP contribution in [0.15, 0.2) is 18.2 Å². The summed E-state index contributed by atoms with van der Waals surface area (Å²) in [7, 11) is 0. The molecule has 1 aromatic carbocycles. The van der Waals surface area contributed by atoms with Crippen molar-refractivity contribution in [3.8, 4) is 0 Å². The zero-order valence-corrected chi connectivity index (χ0v) is 17.1. The molecule has 0 bridgehead atoms. The molecule has 0 N–H and O–H groups in total. The zero-order valence-electron chi connectivity index (χ0n) is 17.1. The number of likely N-dealkylation sites (tertiary alicyclic amines) is 1. The van der Waals surface area contributed by atoms with Gasteiger partial charge in [0, 0.05) is 13.1 Å². The minimum atomic E-state index is -0.424. The Morgan fingerprint density at radius 2 is 1.38 bits per heavy atom. The van der Waals surface area contributed by atoms with Gasteiger partial charge >= 0.3 is 5.97 Å². The number of nitrogens with zero attached hydrogens (tertiary/aromatic N) is 1. The molecule has 0 aromatic heterocycles. The van der Waals surface area contributed by atoms with E-state index in [4.69, 9.17) is 4.74 Å². The summed E-state index contributed by atoms with van der Waals surface area (Å²) in [5, 5.41) is 0. The summed E-state index contributed by atoms with van der Waals surface area (Å²) < 4.78 is 5.35. The van der Waals surface area contributed by atoms with Crippen molar-refractivity contribution >= 4 is 11.9 Å². The Morgan fingerprint density at radius 3 is 1.85 bits per heavy atom. The lowest BCUT2D eigenvalue weighted by atomic mass is 9.79. The number of amides is 1. The quantitative estimate of drug-likeness (QED) is 0.749. The van der Waals surface area contributed by atoms with E-state index in [2.05, 4.69) is 47.6 Å². The molecule has 1 saturated heterocycles. The monoisotopic (exact) mass is 359 g/mol. The molecule has 1 aliphatic rings. The zero-order chi connectivity index (χ0) is 19.5. The van der Waals surface area contributed by atoms with E-state index < -0.39 is 5.97 Å². The molecule has 1 fully saturated rings. The predicted octanol–water partition coefficient (Wildman–Crippen LogP) is 4.45. The third kappa shape index (κ3) is 5.33. The molecule has 1 amide bonds. The lowest BCUT2D eigenvalue weighted by Gasteiger charge is -2.27. The Hall–Kier alpha value is -1.84. The van der Waals surface area contributed by atoms with E-state index in [1.807, 2.05) is 12.1 Å². The van der Waals surface area contributed by atoms with E-state index >= 15 is 0 Å². The van der Waals surface area contributed by atoms with Gasteiger partial charge in [-0.1, -0.05) is 47.6 Å². The Balaban J connectivity index is 2.15. The largest absolute Gasteiger partial charge is 0.452 e. The minimum Gasteiger partial charge on any atom is -0.452 e. The molecule has 26 heavy (non-hydrogen) atoms.